The highest BCUT2D eigenvalue weighted by molar-refractivity contribution is 7.90. The summed E-state index contributed by atoms with van der Waals surface area (Å²) in [5, 5.41) is 18.0. The number of likely N-dealkylation sites (tertiary alicyclic amines) is 1. The molecule has 1 fully saturated rings. The SMILES string of the molecule is Cc1noc(N(C2CCC[NH+](C)C2)S(N)(=O)=O)c1C.O=C([O-])C(F)(F)F. The van der Waals surface area contributed by atoms with Gasteiger partial charge in [0.1, 0.15) is 5.97 Å². The van der Waals surface area contributed by atoms with Gasteiger partial charge in [-0.15, -0.1) is 0 Å². The first-order chi connectivity index (χ1) is 11.7. The van der Waals surface area contributed by atoms with Crippen molar-refractivity contribution in [3.05, 3.63) is 11.3 Å². The lowest BCUT2D eigenvalue weighted by Crippen LogP contribution is -3.11. The van der Waals surface area contributed by atoms with E-state index < -0.39 is 22.4 Å². The van der Waals surface area contributed by atoms with Crippen molar-refractivity contribution in [3.8, 4) is 0 Å². The molecule has 1 saturated heterocycles. The summed E-state index contributed by atoms with van der Waals surface area (Å²) in [6, 6.07) is -0.171. The number of carbonyl (C=O) groups is 1. The molecular formula is C13H21F3N4O5S. The number of hydrogen-bond donors (Lipinski definition) is 2. The second-order valence-electron chi connectivity index (χ2n) is 6.03. The molecule has 1 aromatic rings. The van der Waals surface area contributed by atoms with Gasteiger partial charge in [-0.25, -0.2) is 9.44 Å². The van der Waals surface area contributed by atoms with Gasteiger partial charge in [0.15, 0.2) is 0 Å². The minimum absolute atomic E-state index is 0.171. The van der Waals surface area contributed by atoms with Gasteiger partial charge < -0.3 is 19.3 Å². The molecule has 26 heavy (non-hydrogen) atoms. The molecule has 1 aliphatic rings. The molecule has 2 heterocycles. The molecule has 2 unspecified atom stereocenters. The number of likely N-dealkylation sites (N-methyl/N-ethyl adjacent to an activating group) is 1. The monoisotopic (exact) mass is 402 g/mol. The number of rotatable bonds is 3. The van der Waals surface area contributed by atoms with Crippen LogP contribution in [0.25, 0.3) is 0 Å². The lowest BCUT2D eigenvalue weighted by atomic mass is 10.1. The highest BCUT2D eigenvalue weighted by Crippen LogP contribution is 2.27. The van der Waals surface area contributed by atoms with Crippen LogP contribution in [0, 0.1) is 13.8 Å². The highest BCUT2D eigenvalue weighted by Gasteiger charge is 2.36. The number of alkyl halides is 3. The average Bonchev–Trinajstić information content (AvgIpc) is 2.78. The lowest BCUT2D eigenvalue weighted by Gasteiger charge is -2.33. The summed E-state index contributed by atoms with van der Waals surface area (Å²) >= 11 is 0. The van der Waals surface area contributed by atoms with E-state index >= 15 is 0 Å². The Morgan fingerprint density at radius 2 is 1.96 bits per heavy atom. The molecule has 0 saturated carbocycles. The number of aryl methyl sites for hydroxylation is 1. The first-order valence-corrected chi connectivity index (χ1v) is 9.10. The lowest BCUT2D eigenvalue weighted by molar-refractivity contribution is -0.885. The van der Waals surface area contributed by atoms with Crippen LogP contribution in [0.1, 0.15) is 24.1 Å². The Bertz CT molecular complexity index is 735. The first-order valence-electron chi connectivity index (χ1n) is 7.59. The standard InChI is InChI=1S/C11H20N4O3S.C2HF3O2/c1-8-9(2)13-18-11(8)15(19(12,16)17)10-5-4-6-14(3)7-10;3-2(4,5)1(6)7/h10H,4-7H2,1-3H3,(H2,12,16,17);(H,6,7). The van der Waals surface area contributed by atoms with E-state index in [1.165, 1.54) is 9.21 Å². The molecule has 2 rings (SSSR count). The number of halogens is 3. The van der Waals surface area contributed by atoms with E-state index in [0.717, 1.165) is 31.5 Å². The summed E-state index contributed by atoms with van der Waals surface area (Å²) in [6.07, 6.45) is -3.44. The predicted octanol–water partition coefficient (Wildman–Crippen LogP) is -1.72. The third-order valence-corrected chi connectivity index (χ3v) is 4.91. The molecule has 3 N–H and O–H groups in total. The summed E-state index contributed by atoms with van der Waals surface area (Å²) in [4.78, 5) is 10.1. The fourth-order valence-electron chi connectivity index (χ4n) is 2.54. The molecule has 0 bridgehead atoms. The molecule has 2 atom stereocenters. The van der Waals surface area contributed by atoms with Crippen molar-refractivity contribution in [3.63, 3.8) is 0 Å². The van der Waals surface area contributed by atoms with Gasteiger partial charge in [-0.2, -0.15) is 21.6 Å². The third kappa shape index (κ3) is 5.85. The fourth-order valence-corrected chi connectivity index (χ4v) is 3.54. The molecule has 0 radical (unpaired) electrons. The van der Waals surface area contributed by atoms with Gasteiger partial charge in [0, 0.05) is 5.56 Å². The predicted molar refractivity (Wildman–Crippen MR) is 82.3 cm³/mol. The van der Waals surface area contributed by atoms with Crippen molar-refractivity contribution in [1.82, 2.24) is 5.16 Å². The maximum Gasteiger partial charge on any atom is 0.430 e. The summed E-state index contributed by atoms with van der Waals surface area (Å²) in [5.74, 6) is -2.76. The molecule has 1 aromatic heterocycles. The van der Waals surface area contributed by atoms with Crippen LogP contribution in [0.15, 0.2) is 4.52 Å². The molecule has 0 aromatic carbocycles. The number of carbonyl (C=O) groups excluding carboxylic acids is 1. The van der Waals surface area contributed by atoms with Crippen LogP contribution in [0.5, 0.6) is 0 Å². The number of nitrogens with one attached hydrogen (secondary N) is 1. The van der Waals surface area contributed by atoms with Crippen molar-refractivity contribution in [2.45, 2.75) is 38.9 Å². The van der Waals surface area contributed by atoms with Crippen molar-refractivity contribution >= 4 is 22.1 Å². The van der Waals surface area contributed by atoms with Crippen LogP contribution >= 0.6 is 0 Å². The molecule has 0 aliphatic carbocycles. The van der Waals surface area contributed by atoms with Gasteiger partial charge in [-0.3, -0.25) is 0 Å². The molecule has 9 nitrogen and oxygen atoms in total. The largest absolute Gasteiger partial charge is 0.542 e. The number of aromatic nitrogens is 1. The number of nitrogens with zero attached hydrogens (tertiary/aromatic N) is 2. The van der Waals surface area contributed by atoms with Crippen LogP contribution < -0.4 is 19.5 Å². The van der Waals surface area contributed by atoms with Crippen LogP contribution in [0.2, 0.25) is 0 Å². The number of aliphatic carboxylic acids is 1. The van der Waals surface area contributed by atoms with Crippen LogP contribution in [-0.4, -0.2) is 51.9 Å². The number of hydrogen-bond acceptors (Lipinski definition) is 6. The molecule has 1 aliphatic heterocycles. The number of nitrogens with two attached hydrogens (primary N) is 1. The highest BCUT2D eigenvalue weighted by atomic mass is 32.2. The Kier molecular flexibility index (Phi) is 7.02. The molecule has 0 spiro atoms. The zero-order chi connectivity index (χ0) is 20.3. The van der Waals surface area contributed by atoms with E-state index in [4.69, 9.17) is 19.6 Å². The van der Waals surface area contributed by atoms with Gasteiger partial charge in [-0.05, 0) is 26.7 Å². The van der Waals surface area contributed by atoms with Gasteiger partial charge in [0.05, 0.1) is 31.9 Å². The molecule has 13 heteroatoms. The van der Waals surface area contributed by atoms with Crippen molar-refractivity contribution in [2.24, 2.45) is 5.14 Å². The zero-order valence-electron chi connectivity index (χ0n) is 14.5. The van der Waals surface area contributed by atoms with E-state index in [0.29, 0.717) is 5.69 Å². The summed E-state index contributed by atoms with van der Waals surface area (Å²) in [7, 11) is -1.82. The van der Waals surface area contributed by atoms with Crippen molar-refractivity contribution < 1.29 is 40.9 Å². The van der Waals surface area contributed by atoms with Crippen LogP contribution in [-0.2, 0) is 15.0 Å². The van der Waals surface area contributed by atoms with E-state index in [1.807, 2.05) is 7.05 Å². The smallest absolute Gasteiger partial charge is 0.430 e. The van der Waals surface area contributed by atoms with E-state index in [2.05, 4.69) is 5.16 Å². The van der Waals surface area contributed by atoms with E-state index in [1.54, 1.807) is 13.8 Å². The third-order valence-electron chi connectivity index (χ3n) is 3.89. The zero-order valence-corrected chi connectivity index (χ0v) is 15.3. The Morgan fingerprint density at radius 1 is 1.42 bits per heavy atom. The topological polar surface area (TPSA) is 134 Å². The Balaban J connectivity index is 0.000000412. The average molecular weight is 402 g/mol. The Hall–Kier alpha value is -1.86. The number of carboxylic acids is 1. The Morgan fingerprint density at radius 3 is 2.31 bits per heavy atom. The first kappa shape index (κ1) is 22.2. The number of carboxylic acid groups (broad SMARTS) is 1. The number of quaternary nitrogens is 1. The van der Waals surface area contributed by atoms with Crippen molar-refractivity contribution in [1.29, 1.82) is 0 Å². The Labute approximate surface area is 148 Å². The van der Waals surface area contributed by atoms with Crippen LogP contribution in [0.3, 0.4) is 0 Å². The van der Waals surface area contributed by atoms with E-state index in [9.17, 15) is 21.6 Å². The van der Waals surface area contributed by atoms with Gasteiger partial charge in [0.2, 0.25) is 5.88 Å². The summed E-state index contributed by atoms with van der Waals surface area (Å²) < 4.78 is 61.7. The minimum Gasteiger partial charge on any atom is -0.542 e. The maximum absolute atomic E-state index is 11.9. The normalized spacial score (nSPS) is 20.9. The minimum atomic E-state index is -5.19. The maximum atomic E-state index is 11.9. The second-order valence-corrected chi connectivity index (χ2v) is 7.45. The van der Waals surface area contributed by atoms with Crippen LogP contribution in [0.4, 0.5) is 19.1 Å². The molecular weight excluding hydrogens is 381 g/mol. The van der Waals surface area contributed by atoms with Gasteiger partial charge in [-0.1, -0.05) is 5.16 Å². The van der Waals surface area contributed by atoms with E-state index in [-0.39, 0.29) is 11.9 Å². The summed E-state index contributed by atoms with van der Waals surface area (Å²) in [5.41, 5.74) is 1.40. The second kappa shape index (κ2) is 8.22. The van der Waals surface area contributed by atoms with Gasteiger partial charge in [0.25, 0.3) is 0 Å². The fraction of sp³-hybridized carbons (Fsp3) is 0.692. The molecule has 0 amide bonds. The number of anilines is 1. The molecule has 150 valence electrons. The summed E-state index contributed by atoms with van der Waals surface area (Å²) in [6.45, 7) is 5.33. The van der Waals surface area contributed by atoms with Crippen molar-refractivity contribution in [2.75, 3.05) is 24.4 Å². The number of piperidine rings is 1. The quantitative estimate of drug-likeness (QED) is 0.618. The van der Waals surface area contributed by atoms with Gasteiger partial charge >= 0.3 is 16.4 Å².